The molecule has 2 aromatic carbocycles. The molecule has 2 aromatic heterocycles. The molecule has 0 atom stereocenters. The van der Waals surface area contributed by atoms with Gasteiger partial charge in [-0.15, -0.1) is 0 Å². The predicted molar refractivity (Wildman–Crippen MR) is 155 cm³/mol. The number of imidazole rings is 1. The zero-order chi connectivity index (χ0) is 27.3. The number of carbonyl (C=O) groups excluding carboxylic acids is 2. The fourth-order valence-corrected chi connectivity index (χ4v) is 4.78. The van der Waals surface area contributed by atoms with Gasteiger partial charge in [0.15, 0.2) is 8.32 Å². The molecule has 0 radical (unpaired) electrons. The Labute approximate surface area is 224 Å². The summed E-state index contributed by atoms with van der Waals surface area (Å²) in [5, 5.41) is 8.84. The Kier molecular flexibility index (Phi) is 7.99. The van der Waals surface area contributed by atoms with Gasteiger partial charge in [-0.05, 0) is 60.1 Å². The van der Waals surface area contributed by atoms with E-state index in [0.29, 0.717) is 30.2 Å². The highest BCUT2D eigenvalue weighted by Crippen LogP contribution is 2.36. The summed E-state index contributed by atoms with van der Waals surface area (Å²) < 4.78 is 7.95. The summed E-state index contributed by atoms with van der Waals surface area (Å²) in [6.45, 7) is 11.9. The highest BCUT2D eigenvalue weighted by molar-refractivity contribution is 6.74. The summed E-state index contributed by atoms with van der Waals surface area (Å²) in [5.41, 5.74) is 3.79. The van der Waals surface area contributed by atoms with Gasteiger partial charge in [-0.25, -0.2) is 9.78 Å². The number of pyridine rings is 1. The maximum absolute atomic E-state index is 12.9. The van der Waals surface area contributed by atoms with E-state index in [9.17, 15) is 9.59 Å². The first-order chi connectivity index (χ1) is 18.0. The molecule has 0 aliphatic carbocycles. The van der Waals surface area contributed by atoms with E-state index in [-0.39, 0.29) is 10.9 Å². The van der Waals surface area contributed by atoms with Crippen LogP contribution in [0.5, 0.6) is 0 Å². The van der Waals surface area contributed by atoms with Gasteiger partial charge in [0.2, 0.25) is 0 Å². The topological polar surface area (TPSA) is 96.8 Å². The minimum absolute atomic E-state index is 0.126. The molecular weight excluding hydrogens is 494 g/mol. The summed E-state index contributed by atoms with van der Waals surface area (Å²) in [7, 11) is -1.84. The number of rotatable bonds is 8. The zero-order valence-electron chi connectivity index (χ0n) is 22.5. The number of carbonyl (C=O) groups is 2. The van der Waals surface area contributed by atoms with Gasteiger partial charge in [0.05, 0.1) is 18.3 Å². The molecular formula is C29H35N5O3Si. The maximum atomic E-state index is 12.9. The van der Waals surface area contributed by atoms with E-state index >= 15 is 0 Å². The van der Waals surface area contributed by atoms with Crippen molar-refractivity contribution < 1.29 is 14.0 Å². The number of urea groups is 1. The molecule has 8 nitrogen and oxygen atoms in total. The standard InChI is InChI=1S/C29H35N5O3Si/c1-29(2,3)38(4,5)37-18-17-31-27(35)22-11-13-23(14-12-22)32-28(36)33-26-25(21-9-7-6-8-10-21)16-15-24-19-30-20-34(24)26/h6-16,19-20H,17-18H2,1-5H3,(H,31,35)(H2,32,33,36). The third-order valence-corrected chi connectivity index (χ3v) is 11.5. The molecule has 3 amide bonds. The average Bonchev–Trinajstić information content (AvgIpc) is 3.36. The summed E-state index contributed by atoms with van der Waals surface area (Å²) in [6, 6.07) is 20.1. The van der Waals surface area contributed by atoms with Crippen molar-refractivity contribution in [1.29, 1.82) is 0 Å². The second-order valence-electron chi connectivity index (χ2n) is 10.7. The number of amides is 3. The Morgan fingerprint density at radius 3 is 2.34 bits per heavy atom. The van der Waals surface area contributed by atoms with Crippen LogP contribution in [0, 0.1) is 0 Å². The molecule has 0 aliphatic rings. The Balaban J connectivity index is 1.37. The lowest BCUT2D eigenvalue weighted by Gasteiger charge is -2.36. The molecule has 0 bridgehead atoms. The molecule has 4 rings (SSSR count). The first-order valence-corrected chi connectivity index (χ1v) is 15.6. The fraction of sp³-hybridized carbons (Fsp3) is 0.276. The number of hydrogen-bond acceptors (Lipinski definition) is 4. The van der Waals surface area contributed by atoms with Gasteiger partial charge in [0, 0.05) is 23.4 Å². The molecule has 4 aromatic rings. The van der Waals surface area contributed by atoms with E-state index in [2.05, 4.69) is 54.8 Å². The Morgan fingerprint density at radius 2 is 1.66 bits per heavy atom. The summed E-state index contributed by atoms with van der Waals surface area (Å²) in [5.74, 6) is 0.429. The minimum atomic E-state index is -1.84. The number of nitrogens with one attached hydrogen (secondary N) is 3. The van der Waals surface area contributed by atoms with E-state index in [4.69, 9.17) is 4.43 Å². The summed E-state index contributed by atoms with van der Waals surface area (Å²) >= 11 is 0. The lowest BCUT2D eigenvalue weighted by Crippen LogP contribution is -2.42. The molecule has 198 valence electrons. The van der Waals surface area contributed by atoms with Crippen LogP contribution in [-0.2, 0) is 4.43 Å². The number of anilines is 2. The highest BCUT2D eigenvalue weighted by Gasteiger charge is 2.36. The number of aromatic nitrogens is 2. The Hall–Kier alpha value is -3.95. The molecule has 0 unspecified atom stereocenters. The molecule has 0 saturated carbocycles. The predicted octanol–water partition coefficient (Wildman–Crippen LogP) is 6.40. The van der Waals surface area contributed by atoms with Gasteiger partial charge < -0.3 is 15.1 Å². The van der Waals surface area contributed by atoms with E-state index in [1.165, 1.54) is 0 Å². The van der Waals surface area contributed by atoms with Crippen molar-refractivity contribution in [3.05, 3.63) is 84.8 Å². The molecule has 0 fully saturated rings. The molecule has 38 heavy (non-hydrogen) atoms. The van der Waals surface area contributed by atoms with Gasteiger partial charge in [-0.1, -0.05) is 51.1 Å². The van der Waals surface area contributed by atoms with Crippen molar-refractivity contribution in [3.8, 4) is 11.1 Å². The molecule has 0 saturated heterocycles. The van der Waals surface area contributed by atoms with E-state index in [1.807, 2.05) is 46.9 Å². The molecule has 9 heteroatoms. The molecule has 0 spiro atoms. The monoisotopic (exact) mass is 529 g/mol. The highest BCUT2D eigenvalue weighted by atomic mass is 28.4. The van der Waals surface area contributed by atoms with Gasteiger partial charge in [0.25, 0.3) is 5.91 Å². The number of benzene rings is 2. The lowest BCUT2D eigenvalue weighted by atomic mass is 10.1. The number of fused-ring (bicyclic) bond motifs is 1. The minimum Gasteiger partial charge on any atom is -0.415 e. The molecule has 3 N–H and O–H groups in total. The third kappa shape index (κ3) is 6.30. The summed E-state index contributed by atoms with van der Waals surface area (Å²) in [6.07, 6.45) is 3.41. The molecule has 2 heterocycles. The van der Waals surface area contributed by atoms with Crippen LogP contribution < -0.4 is 16.0 Å². The normalized spacial score (nSPS) is 11.8. The van der Waals surface area contributed by atoms with E-state index < -0.39 is 14.3 Å². The average molecular weight is 530 g/mol. The van der Waals surface area contributed by atoms with Gasteiger partial charge in [-0.3, -0.25) is 14.5 Å². The van der Waals surface area contributed by atoms with Crippen molar-refractivity contribution in [2.45, 2.75) is 38.9 Å². The third-order valence-electron chi connectivity index (χ3n) is 6.96. The largest absolute Gasteiger partial charge is 0.415 e. The number of nitrogens with zero attached hydrogens (tertiary/aromatic N) is 2. The number of hydrogen-bond donors (Lipinski definition) is 3. The first-order valence-electron chi connectivity index (χ1n) is 12.7. The first kappa shape index (κ1) is 27.1. The van der Waals surface area contributed by atoms with Crippen LogP contribution >= 0.6 is 0 Å². The van der Waals surface area contributed by atoms with Crippen LogP contribution in [0.15, 0.2) is 79.3 Å². The Bertz CT molecular complexity index is 1410. The van der Waals surface area contributed by atoms with Crippen LogP contribution in [0.1, 0.15) is 31.1 Å². The van der Waals surface area contributed by atoms with Crippen LogP contribution in [0.4, 0.5) is 16.3 Å². The van der Waals surface area contributed by atoms with E-state index in [1.54, 1.807) is 36.8 Å². The maximum Gasteiger partial charge on any atom is 0.324 e. The van der Waals surface area contributed by atoms with Crippen LogP contribution in [0.3, 0.4) is 0 Å². The second-order valence-corrected chi connectivity index (χ2v) is 15.5. The van der Waals surface area contributed by atoms with Crippen LogP contribution in [0.2, 0.25) is 18.1 Å². The van der Waals surface area contributed by atoms with E-state index in [0.717, 1.165) is 16.6 Å². The van der Waals surface area contributed by atoms with Gasteiger partial charge >= 0.3 is 6.03 Å². The van der Waals surface area contributed by atoms with Gasteiger partial charge in [-0.2, -0.15) is 0 Å². The van der Waals surface area contributed by atoms with Crippen LogP contribution in [0.25, 0.3) is 16.6 Å². The van der Waals surface area contributed by atoms with Crippen molar-refractivity contribution in [2.24, 2.45) is 0 Å². The smallest absolute Gasteiger partial charge is 0.324 e. The van der Waals surface area contributed by atoms with Crippen molar-refractivity contribution >= 4 is 37.3 Å². The molecule has 0 aliphatic heterocycles. The second kappa shape index (κ2) is 11.2. The Morgan fingerprint density at radius 1 is 0.947 bits per heavy atom. The SMILES string of the molecule is CC(C)(C)[Si](C)(C)OCCNC(=O)c1ccc(NC(=O)Nc2c(-c3ccccc3)ccc3cncn23)cc1. The van der Waals surface area contributed by atoms with Gasteiger partial charge in [0.1, 0.15) is 12.1 Å². The quantitative estimate of drug-likeness (QED) is 0.182. The lowest BCUT2D eigenvalue weighted by molar-refractivity contribution is 0.0945. The zero-order valence-corrected chi connectivity index (χ0v) is 23.5. The summed E-state index contributed by atoms with van der Waals surface area (Å²) in [4.78, 5) is 29.7. The van der Waals surface area contributed by atoms with Crippen molar-refractivity contribution in [2.75, 3.05) is 23.8 Å². The van der Waals surface area contributed by atoms with Crippen molar-refractivity contribution in [1.82, 2.24) is 14.7 Å². The van der Waals surface area contributed by atoms with Crippen molar-refractivity contribution in [3.63, 3.8) is 0 Å². The van der Waals surface area contributed by atoms with Crippen LogP contribution in [-0.4, -0.2) is 42.8 Å². The fourth-order valence-electron chi connectivity index (χ4n) is 3.74.